The van der Waals surface area contributed by atoms with Gasteiger partial charge in [0.2, 0.25) is 0 Å². The molecule has 170 valence electrons. The first-order chi connectivity index (χ1) is 15.1. The standard InChI is InChI=1S/C27H31NO3.ClH/c1-2-3-7-23-18-24(27(30)31)14-15-25(23)21-12-10-20(11-13-21)16-17-28-19-26(29)22-8-5-4-6-9-22;/h4-6,8-15,18,26,28-29H,2-3,7,16-17,19H2,1H3,(H,30,31);1H/t26-;/m0./s1. The van der Waals surface area contributed by atoms with Crippen molar-refractivity contribution in [3.8, 4) is 11.1 Å². The van der Waals surface area contributed by atoms with Gasteiger partial charge in [-0.1, -0.05) is 74.0 Å². The molecular weight excluding hydrogens is 422 g/mol. The molecule has 3 aromatic carbocycles. The van der Waals surface area contributed by atoms with Crippen LogP contribution < -0.4 is 5.32 Å². The van der Waals surface area contributed by atoms with Gasteiger partial charge >= 0.3 is 5.97 Å². The third kappa shape index (κ3) is 7.20. The second-order valence-corrected chi connectivity index (χ2v) is 7.86. The number of aromatic carboxylic acids is 1. The van der Waals surface area contributed by atoms with Crippen molar-refractivity contribution in [1.82, 2.24) is 5.32 Å². The predicted molar refractivity (Wildman–Crippen MR) is 133 cm³/mol. The topological polar surface area (TPSA) is 69.6 Å². The lowest BCUT2D eigenvalue weighted by atomic mass is 9.93. The summed E-state index contributed by atoms with van der Waals surface area (Å²) in [5.74, 6) is -0.885. The number of hydrogen-bond acceptors (Lipinski definition) is 3. The number of aryl methyl sites for hydroxylation is 1. The summed E-state index contributed by atoms with van der Waals surface area (Å²) in [6.07, 6.45) is 3.36. The number of rotatable bonds is 11. The minimum Gasteiger partial charge on any atom is -0.478 e. The number of halogens is 1. The van der Waals surface area contributed by atoms with E-state index >= 15 is 0 Å². The molecule has 0 bridgehead atoms. The van der Waals surface area contributed by atoms with Gasteiger partial charge in [-0.05, 0) is 65.8 Å². The van der Waals surface area contributed by atoms with Crippen molar-refractivity contribution in [2.75, 3.05) is 13.1 Å². The zero-order valence-corrected chi connectivity index (χ0v) is 19.3. The van der Waals surface area contributed by atoms with E-state index in [0.717, 1.165) is 54.5 Å². The quantitative estimate of drug-likeness (QED) is 0.326. The molecule has 0 aliphatic carbocycles. The van der Waals surface area contributed by atoms with Gasteiger partial charge in [-0.25, -0.2) is 4.79 Å². The molecule has 0 saturated heterocycles. The Morgan fingerprint density at radius 1 is 0.969 bits per heavy atom. The summed E-state index contributed by atoms with van der Waals surface area (Å²) in [5.41, 5.74) is 5.80. The van der Waals surface area contributed by atoms with E-state index < -0.39 is 12.1 Å². The average Bonchev–Trinajstić information content (AvgIpc) is 2.81. The SMILES string of the molecule is CCCCc1cc(C(=O)O)ccc1-c1ccc(CCNC[C@H](O)c2ccccc2)cc1.Cl. The third-order valence-electron chi connectivity index (χ3n) is 5.53. The van der Waals surface area contributed by atoms with Crippen LogP contribution >= 0.6 is 12.4 Å². The van der Waals surface area contributed by atoms with Gasteiger partial charge < -0.3 is 15.5 Å². The highest BCUT2D eigenvalue weighted by molar-refractivity contribution is 5.89. The Balaban J connectivity index is 0.00000363. The van der Waals surface area contributed by atoms with Crippen molar-refractivity contribution < 1.29 is 15.0 Å². The molecule has 4 nitrogen and oxygen atoms in total. The van der Waals surface area contributed by atoms with E-state index in [4.69, 9.17) is 0 Å². The van der Waals surface area contributed by atoms with Crippen molar-refractivity contribution in [2.45, 2.75) is 38.7 Å². The molecule has 3 aromatic rings. The number of carboxylic acid groups (broad SMARTS) is 1. The maximum absolute atomic E-state index is 11.3. The highest BCUT2D eigenvalue weighted by Crippen LogP contribution is 2.27. The van der Waals surface area contributed by atoms with E-state index in [1.165, 1.54) is 5.56 Å². The molecule has 0 aliphatic heterocycles. The highest BCUT2D eigenvalue weighted by Gasteiger charge is 2.10. The van der Waals surface area contributed by atoms with Gasteiger partial charge in [0.05, 0.1) is 11.7 Å². The molecule has 0 spiro atoms. The van der Waals surface area contributed by atoms with E-state index in [1.807, 2.05) is 42.5 Å². The second-order valence-electron chi connectivity index (χ2n) is 7.86. The smallest absolute Gasteiger partial charge is 0.335 e. The normalized spacial score (nSPS) is 11.6. The van der Waals surface area contributed by atoms with E-state index in [2.05, 4.69) is 36.5 Å². The molecule has 3 rings (SSSR count). The molecule has 0 amide bonds. The molecule has 0 radical (unpaired) electrons. The number of carbonyl (C=O) groups is 1. The van der Waals surface area contributed by atoms with Crippen molar-refractivity contribution >= 4 is 18.4 Å². The minimum atomic E-state index is -0.885. The number of aliphatic hydroxyl groups is 1. The Labute approximate surface area is 196 Å². The number of nitrogens with one attached hydrogen (secondary N) is 1. The fraction of sp³-hybridized carbons (Fsp3) is 0.296. The van der Waals surface area contributed by atoms with Crippen LogP contribution in [-0.4, -0.2) is 29.3 Å². The molecule has 0 fully saturated rings. The lowest BCUT2D eigenvalue weighted by Crippen LogP contribution is -2.23. The monoisotopic (exact) mass is 453 g/mol. The molecule has 1 atom stereocenters. The van der Waals surface area contributed by atoms with Gasteiger partial charge in [0.25, 0.3) is 0 Å². The van der Waals surface area contributed by atoms with Crippen LogP contribution in [0.15, 0.2) is 72.8 Å². The summed E-state index contributed by atoms with van der Waals surface area (Å²) < 4.78 is 0. The predicted octanol–water partition coefficient (Wildman–Crippen LogP) is 5.68. The van der Waals surface area contributed by atoms with Crippen LogP contribution in [-0.2, 0) is 12.8 Å². The second kappa shape index (κ2) is 13.0. The van der Waals surface area contributed by atoms with E-state index in [0.29, 0.717) is 12.1 Å². The van der Waals surface area contributed by atoms with Crippen LogP contribution in [0.25, 0.3) is 11.1 Å². The summed E-state index contributed by atoms with van der Waals surface area (Å²) in [6.45, 7) is 3.46. The first-order valence-electron chi connectivity index (χ1n) is 11.0. The Kier molecular flexibility index (Phi) is 10.4. The maximum atomic E-state index is 11.3. The Morgan fingerprint density at radius 3 is 2.34 bits per heavy atom. The van der Waals surface area contributed by atoms with E-state index in [1.54, 1.807) is 6.07 Å². The van der Waals surface area contributed by atoms with Crippen LogP contribution in [0.4, 0.5) is 0 Å². The number of aliphatic hydroxyl groups excluding tert-OH is 1. The number of hydrogen-bond donors (Lipinski definition) is 3. The van der Waals surface area contributed by atoms with Crippen molar-refractivity contribution in [3.63, 3.8) is 0 Å². The molecular formula is C27H32ClNO3. The van der Waals surface area contributed by atoms with Crippen LogP contribution in [0, 0.1) is 0 Å². The van der Waals surface area contributed by atoms with Crippen molar-refractivity contribution in [1.29, 1.82) is 0 Å². The molecule has 5 heteroatoms. The summed E-state index contributed by atoms with van der Waals surface area (Å²) in [7, 11) is 0. The number of unbranched alkanes of at least 4 members (excludes halogenated alkanes) is 1. The summed E-state index contributed by atoms with van der Waals surface area (Å²) in [4.78, 5) is 11.3. The lowest BCUT2D eigenvalue weighted by Gasteiger charge is -2.13. The van der Waals surface area contributed by atoms with Gasteiger partial charge in [0, 0.05) is 6.54 Å². The van der Waals surface area contributed by atoms with Crippen LogP contribution in [0.2, 0.25) is 0 Å². The zero-order valence-electron chi connectivity index (χ0n) is 18.5. The maximum Gasteiger partial charge on any atom is 0.335 e. The average molecular weight is 454 g/mol. The highest BCUT2D eigenvalue weighted by atomic mass is 35.5. The summed E-state index contributed by atoms with van der Waals surface area (Å²) >= 11 is 0. The molecule has 0 aromatic heterocycles. The van der Waals surface area contributed by atoms with Gasteiger partial charge in [-0.2, -0.15) is 0 Å². The Hall–Kier alpha value is -2.66. The van der Waals surface area contributed by atoms with Gasteiger partial charge in [-0.15, -0.1) is 12.4 Å². The Morgan fingerprint density at radius 2 is 1.69 bits per heavy atom. The summed E-state index contributed by atoms with van der Waals surface area (Å²) in [5, 5.41) is 22.9. The van der Waals surface area contributed by atoms with Crippen molar-refractivity contribution in [2.24, 2.45) is 0 Å². The summed E-state index contributed by atoms with van der Waals surface area (Å²) in [6, 6.07) is 23.6. The third-order valence-corrected chi connectivity index (χ3v) is 5.53. The van der Waals surface area contributed by atoms with Gasteiger partial charge in [0.1, 0.15) is 0 Å². The lowest BCUT2D eigenvalue weighted by molar-refractivity contribution is 0.0696. The van der Waals surface area contributed by atoms with E-state index in [-0.39, 0.29) is 12.4 Å². The number of benzene rings is 3. The minimum absolute atomic E-state index is 0. The molecule has 0 saturated carbocycles. The molecule has 0 heterocycles. The van der Waals surface area contributed by atoms with Crippen LogP contribution in [0.5, 0.6) is 0 Å². The molecule has 0 aliphatic rings. The fourth-order valence-electron chi connectivity index (χ4n) is 3.70. The first kappa shape index (κ1) is 25.6. The molecule has 3 N–H and O–H groups in total. The van der Waals surface area contributed by atoms with Crippen LogP contribution in [0.1, 0.15) is 52.9 Å². The van der Waals surface area contributed by atoms with Crippen molar-refractivity contribution in [3.05, 3.63) is 95.1 Å². The van der Waals surface area contributed by atoms with Gasteiger partial charge in [0.15, 0.2) is 0 Å². The zero-order chi connectivity index (χ0) is 22.1. The van der Waals surface area contributed by atoms with Gasteiger partial charge in [-0.3, -0.25) is 0 Å². The fourth-order valence-corrected chi connectivity index (χ4v) is 3.70. The first-order valence-corrected chi connectivity index (χ1v) is 11.0. The largest absolute Gasteiger partial charge is 0.478 e. The number of carboxylic acids is 1. The molecule has 0 unspecified atom stereocenters. The Bertz CT molecular complexity index is 974. The van der Waals surface area contributed by atoms with E-state index in [9.17, 15) is 15.0 Å². The molecule has 32 heavy (non-hydrogen) atoms. The van der Waals surface area contributed by atoms with Crippen LogP contribution in [0.3, 0.4) is 0 Å².